The lowest BCUT2D eigenvalue weighted by Crippen LogP contribution is -2.43. The molecule has 1 N–H and O–H groups in total. The van der Waals surface area contributed by atoms with Gasteiger partial charge in [0.25, 0.3) is 0 Å². The fraction of sp³-hybridized carbons (Fsp3) is 0.250. The summed E-state index contributed by atoms with van der Waals surface area (Å²) in [6.45, 7) is 5.75. The van der Waals surface area contributed by atoms with Gasteiger partial charge in [-0.05, 0) is 42.8 Å². The number of fused-ring (bicyclic) bond motifs is 1. The lowest BCUT2D eigenvalue weighted by molar-refractivity contribution is 0.590. The fourth-order valence-electron chi connectivity index (χ4n) is 3.39. The normalized spacial score (nSPS) is 15.3. The van der Waals surface area contributed by atoms with Crippen LogP contribution in [0.4, 0.5) is 5.69 Å². The van der Waals surface area contributed by atoms with Crippen LogP contribution in [0, 0.1) is 6.92 Å². The van der Waals surface area contributed by atoms with E-state index in [9.17, 15) is 8.42 Å². The number of sulfone groups is 1. The zero-order valence-electron chi connectivity index (χ0n) is 14.6. The maximum absolute atomic E-state index is 12.9. The van der Waals surface area contributed by atoms with Crippen molar-refractivity contribution in [3.8, 4) is 0 Å². The minimum absolute atomic E-state index is 0.230. The van der Waals surface area contributed by atoms with Gasteiger partial charge in [0.15, 0.2) is 0 Å². The lowest BCUT2D eigenvalue weighted by Gasteiger charge is -2.30. The molecule has 0 saturated carbocycles. The largest absolute Gasteiger partial charge is 0.367 e. The van der Waals surface area contributed by atoms with E-state index in [-0.39, 0.29) is 9.79 Å². The Morgan fingerprint density at radius 3 is 2.46 bits per heavy atom. The van der Waals surface area contributed by atoms with Gasteiger partial charge >= 0.3 is 0 Å². The third kappa shape index (κ3) is 3.06. The molecule has 2 aromatic carbocycles. The molecule has 0 spiro atoms. The molecule has 26 heavy (non-hydrogen) atoms. The van der Waals surface area contributed by atoms with Crippen molar-refractivity contribution in [2.75, 3.05) is 31.1 Å². The molecule has 1 aromatic heterocycles. The van der Waals surface area contributed by atoms with Crippen molar-refractivity contribution in [2.24, 2.45) is 0 Å². The Morgan fingerprint density at radius 1 is 1.00 bits per heavy atom. The lowest BCUT2D eigenvalue weighted by atomic mass is 10.1. The number of rotatable bonds is 3. The molecule has 0 atom stereocenters. The molecule has 0 radical (unpaired) electrons. The highest BCUT2D eigenvalue weighted by molar-refractivity contribution is 7.91. The van der Waals surface area contributed by atoms with Gasteiger partial charge in [-0.2, -0.15) is 0 Å². The highest BCUT2D eigenvalue weighted by atomic mass is 32.2. The molecule has 0 bridgehead atoms. The van der Waals surface area contributed by atoms with Gasteiger partial charge < -0.3 is 10.2 Å². The zero-order chi connectivity index (χ0) is 18.1. The molecule has 1 saturated heterocycles. The van der Waals surface area contributed by atoms with Crippen molar-refractivity contribution < 1.29 is 8.42 Å². The number of piperazine rings is 1. The number of aromatic nitrogens is 1. The molecule has 6 heteroatoms. The van der Waals surface area contributed by atoms with Crippen molar-refractivity contribution in [1.29, 1.82) is 0 Å². The van der Waals surface area contributed by atoms with Crippen LogP contribution in [0.1, 0.15) is 5.56 Å². The third-order valence-corrected chi connectivity index (χ3v) is 6.44. The van der Waals surface area contributed by atoms with Crippen LogP contribution in [0.25, 0.3) is 10.9 Å². The van der Waals surface area contributed by atoms with Crippen LogP contribution >= 0.6 is 0 Å². The molecule has 1 aliphatic rings. The Morgan fingerprint density at radius 2 is 1.73 bits per heavy atom. The van der Waals surface area contributed by atoms with Crippen LogP contribution in [0.2, 0.25) is 0 Å². The van der Waals surface area contributed by atoms with E-state index in [1.807, 2.05) is 13.0 Å². The Hall–Kier alpha value is -2.44. The number of pyridine rings is 1. The summed E-state index contributed by atoms with van der Waals surface area (Å²) < 4.78 is 25.8. The van der Waals surface area contributed by atoms with Gasteiger partial charge in [-0.1, -0.05) is 18.2 Å². The average Bonchev–Trinajstić information content (AvgIpc) is 2.68. The number of nitrogens with zero attached hydrogens (tertiary/aromatic N) is 2. The minimum Gasteiger partial charge on any atom is -0.367 e. The number of hydrogen-bond donors (Lipinski definition) is 1. The summed E-state index contributed by atoms with van der Waals surface area (Å²) in [6.07, 6.45) is 1.48. The summed E-state index contributed by atoms with van der Waals surface area (Å²) in [5.74, 6) is 0. The molecule has 134 valence electrons. The quantitative estimate of drug-likeness (QED) is 0.771. The summed E-state index contributed by atoms with van der Waals surface area (Å²) >= 11 is 0. The zero-order valence-corrected chi connectivity index (χ0v) is 15.5. The monoisotopic (exact) mass is 367 g/mol. The summed E-state index contributed by atoms with van der Waals surface area (Å²) in [5.41, 5.74) is 3.02. The van der Waals surface area contributed by atoms with E-state index in [1.165, 1.54) is 6.20 Å². The molecule has 0 unspecified atom stereocenters. The Labute approximate surface area is 153 Å². The Kier molecular flexibility index (Phi) is 4.38. The predicted molar refractivity (Wildman–Crippen MR) is 103 cm³/mol. The van der Waals surface area contributed by atoms with Crippen LogP contribution in [0.3, 0.4) is 0 Å². The number of aryl methyl sites for hydroxylation is 1. The maximum atomic E-state index is 12.9. The van der Waals surface area contributed by atoms with Crippen molar-refractivity contribution in [3.05, 3.63) is 60.3 Å². The maximum Gasteiger partial charge on any atom is 0.208 e. The van der Waals surface area contributed by atoms with Gasteiger partial charge in [-0.15, -0.1) is 0 Å². The van der Waals surface area contributed by atoms with E-state index in [2.05, 4.69) is 21.3 Å². The smallest absolute Gasteiger partial charge is 0.208 e. The predicted octanol–water partition coefficient (Wildman–Crippen LogP) is 2.79. The molecule has 3 aromatic rings. The van der Waals surface area contributed by atoms with Gasteiger partial charge in [-0.25, -0.2) is 8.42 Å². The molecule has 4 rings (SSSR count). The van der Waals surface area contributed by atoms with E-state index < -0.39 is 9.84 Å². The molecule has 1 aliphatic heterocycles. The van der Waals surface area contributed by atoms with Crippen LogP contribution in [-0.2, 0) is 9.84 Å². The molecule has 0 aliphatic carbocycles. The Balaban J connectivity index is 1.83. The van der Waals surface area contributed by atoms with E-state index in [0.717, 1.165) is 48.3 Å². The van der Waals surface area contributed by atoms with E-state index in [4.69, 9.17) is 0 Å². The van der Waals surface area contributed by atoms with Crippen LogP contribution < -0.4 is 10.2 Å². The first kappa shape index (κ1) is 17.0. The van der Waals surface area contributed by atoms with Gasteiger partial charge in [0.1, 0.15) is 0 Å². The fourth-order valence-corrected chi connectivity index (χ4v) is 4.65. The SMILES string of the molecule is Cc1cc(N2CCNCC2)c2ncc(S(=O)(=O)c3ccccc3)cc2c1. The molecule has 0 amide bonds. The van der Waals surface area contributed by atoms with Crippen LogP contribution in [0.5, 0.6) is 0 Å². The second-order valence-corrected chi connectivity index (χ2v) is 8.53. The number of hydrogen-bond acceptors (Lipinski definition) is 5. The minimum atomic E-state index is -3.57. The van der Waals surface area contributed by atoms with Gasteiger partial charge in [0.2, 0.25) is 9.84 Å². The summed E-state index contributed by atoms with van der Waals surface area (Å²) in [7, 11) is -3.57. The van der Waals surface area contributed by atoms with Crippen LogP contribution in [0.15, 0.2) is 64.5 Å². The van der Waals surface area contributed by atoms with Gasteiger partial charge in [-0.3, -0.25) is 4.98 Å². The number of anilines is 1. The summed E-state index contributed by atoms with van der Waals surface area (Å²) in [5, 5.41) is 4.21. The standard InChI is InChI=1S/C20H21N3O2S/c1-15-11-16-13-18(26(24,25)17-5-3-2-4-6-17)14-22-20(16)19(12-15)23-9-7-21-8-10-23/h2-6,11-14,21H,7-10H2,1H3. The van der Waals surface area contributed by atoms with Crippen molar-refractivity contribution in [2.45, 2.75) is 16.7 Å². The Bertz CT molecular complexity index is 1040. The first-order valence-electron chi connectivity index (χ1n) is 8.72. The third-order valence-electron chi connectivity index (χ3n) is 4.70. The van der Waals surface area contributed by atoms with Crippen molar-refractivity contribution in [1.82, 2.24) is 10.3 Å². The second kappa shape index (κ2) is 6.70. The van der Waals surface area contributed by atoms with Crippen molar-refractivity contribution in [3.63, 3.8) is 0 Å². The first-order chi connectivity index (χ1) is 12.6. The highest BCUT2D eigenvalue weighted by Gasteiger charge is 2.20. The molecular formula is C20H21N3O2S. The van der Waals surface area contributed by atoms with Gasteiger partial charge in [0, 0.05) is 37.8 Å². The average molecular weight is 367 g/mol. The summed E-state index contributed by atoms with van der Waals surface area (Å²) in [4.78, 5) is 7.38. The van der Waals surface area contributed by atoms with E-state index >= 15 is 0 Å². The number of nitrogens with one attached hydrogen (secondary N) is 1. The second-order valence-electron chi connectivity index (χ2n) is 6.58. The van der Waals surface area contributed by atoms with E-state index in [1.54, 1.807) is 36.4 Å². The topological polar surface area (TPSA) is 62.3 Å². The van der Waals surface area contributed by atoms with E-state index in [0.29, 0.717) is 0 Å². The molecular weight excluding hydrogens is 346 g/mol. The molecule has 5 nitrogen and oxygen atoms in total. The number of benzene rings is 2. The highest BCUT2D eigenvalue weighted by Crippen LogP contribution is 2.30. The van der Waals surface area contributed by atoms with Gasteiger partial charge in [0.05, 0.1) is 21.0 Å². The summed E-state index contributed by atoms with van der Waals surface area (Å²) in [6, 6.07) is 14.4. The molecule has 1 fully saturated rings. The van der Waals surface area contributed by atoms with Crippen LogP contribution in [-0.4, -0.2) is 39.6 Å². The van der Waals surface area contributed by atoms with Crippen molar-refractivity contribution >= 4 is 26.4 Å². The molecule has 2 heterocycles. The first-order valence-corrected chi connectivity index (χ1v) is 10.2.